The summed E-state index contributed by atoms with van der Waals surface area (Å²) in [6.07, 6.45) is 0.777. The van der Waals surface area contributed by atoms with Crippen LogP contribution >= 0.6 is 0 Å². The molecule has 0 amide bonds. The van der Waals surface area contributed by atoms with Crippen LogP contribution in [0.2, 0.25) is 0 Å². The minimum atomic E-state index is -0.199. The van der Waals surface area contributed by atoms with Crippen LogP contribution in [0.4, 0.5) is 4.39 Å². The summed E-state index contributed by atoms with van der Waals surface area (Å²) in [4.78, 5) is 2.27. The molecule has 1 rings (SSSR count). The second-order valence-electron chi connectivity index (χ2n) is 4.27. The zero-order valence-electron chi connectivity index (χ0n) is 9.99. The van der Waals surface area contributed by atoms with Crippen LogP contribution in [-0.2, 0) is 6.54 Å². The van der Waals surface area contributed by atoms with E-state index in [1.54, 1.807) is 0 Å². The molecule has 0 aliphatic carbocycles. The highest BCUT2D eigenvalue weighted by atomic mass is 19.1. The average Bonchev–Trinajstić information content (AvgIpc) is 2.26. The lowest BCUT2D eigenvalue weighted by Crippen LogP contribution is -2.31. The average molecular weight is 225 g/mol. The van der Waals surface area contributed by atoms with Crippen molar-refractivity contribution in [3.8, 4) is 0 Å². The molecule has 16 heavy (non-hydrogen) atoms. The molecule has 0 spiro atoms. The van der Waals surface area contributed by atoms with Gasteiger partial charge in [0.1, 0.15) is 5.82 Å². The highest BCUT2D eigenvalue weighted by Crippen LogP contribution is 2.09. The molecule has 0 aliphatic heterocycles. The summed E-state index contributed by atoms with van der Waals surface area (Å²) in [5.41, 5.74) is 1.10. The van der Waals surface area contributed by atoms with Crippen LogP contribution in [0.3, 0.4) is 0 Å². The fraction of sp³-hybridized carbons (Fsp3) is 0.538. The van der Waals surface area contributed by atoms with E-state index in [1.807, 2.05) is 12.1 Å². The van der Waals surface area contributed by atoms with Crippen molar-refractivity contribution in [2.75, 3.05) is 13.2 Å². The number of nitrogens with zero attached hydrogens (tertiary/aromatic N) is 1. The quantitative estimate of drug-likeness (QED) is 0.803. The van der Waals surface area contributed by atoms with E-state index in [0.717, 1.165) is 25.1 Å². The number of hydrogen-bond donors (Lipinski definition) is 1. The van der Waals surface area contributed by atoms with E-state index < -0.39 is 0 Å². The van der Waals surface area contributed by atoms with Gasteiger partial charge in [0.2, 0.25) is 0 Å². The number of aliphatic hydroxyl groups is 1. The van der Waals surface area contributed by atoms with Gasteiger partial charge in [-0.2, -0.15) is 0 Å². The summed E-state index contributed by atoms with van der Waals surface area (Å²) in [5.74, 6) is -0.199. The molecule has 0 radical (unpaired) electrons. The molecule has 0 atom stereocenters. The Hall–Kier alpha value is -0.930. The zero-order chi connectivity index (χ0) is 12.0. The van der Waals surface area contributed by atoms with Gasteiger partial charge in [-0.05, 0) is 38.0 Å². The standard InChI is InChI=1S/C13H20FNO/c1-11(2)15(8-3-9-16)10-12-4-6-13(14)7-5-12/h4-7,11,16H,3,8-10H2,1-2H3. The molecule has 0 aliphatic rings. The van der Waals surface area contributed by atoms with Gasteiger partial charge in [-0.1, -0.05) is 12.1 Å². The first-order valence-corrected chi connectivity index (χ1v) is 5.73. The predicted molar refractivity (Wildman–Crippen MR) is 63.6 cm³/mol. The maximum Gasteiger partial charge on any atom is 0.123 e. The number of benzene rings is 1. The monoisotopic (exact) mass is 225 g/mol. The molecule has 1 aromatic rings. The van der Waals surface area contributed by atoms with Crippen molar-refractivity contribution in [3.63, 3.8) is 0 Å². The summed E-state index contributed by atoms with van der Waals surface area (Å²) >= 11 is 0. The van der Waals surface area contributed by atoms with E-state index in [1.165, 1.54) is 12.1 Å². The molecule has 2 nitrogen and oxygen atoms in total. The third-order valence-electron chi connectivity index (χ3n) is 2.63. The zero-order valence-corrected chi connectivity index (χ0v) is 9.99. The number of rotatable bonds is 6. The summed E-state index contributed by atoms with van der Waals surface area (Å²) in [6.45, 7) is 6.14. The molecule has 0 saturated carbocycles. The fourth-order valence-electron chi connectivity index (χ4n) is 1.62. The van der Waals surface area contributed by atoms with E-state index in [4.69, 9.17) is 5.11 Å². The van der Waals surface area contributed by atoms with Gasteiger partial charge in [-0.25, -0.2) is 4.39 Å². The van der Waals surface area contributed by atoms with Gasteiger partial charge in [-0.15, -0.1) is 0 Å². The number of hydrogen-bond acceptors (Lipinski definition) is 2. The Morgan fingerprint density at radius 1 is 1.25 bits per heavy atom. The van der Waals surface area contributed by atoms with Gasteiger partial charge in [0, 0.05) is 25.7 Å². The van der Waals surface area contributed by atoms with Gasteiger partial charge in [0.25, 0.3) is 0 Å². The second kappa shape index (κ2) is 6.61. The van der Waals surface area contributed by atoms with Crippen LogP contribution < -0.4 is 0 Å². The lowest BCUT2D eigenvalue weighted by Gasteiger charge is -2.26. The minimum Gasteiger partial charge on any atom is -0.396 e. The Bertz CT molecular complexity index is 297. The molecule has 0 fully saturated rings. The third kappa shape index (κ3) is 4.29. The van der Waals surface area contributed by atoms with E-state index in [9.17, 15) is 4.39 Å². The van der Waals surface area contributed by atoms with E-state index in [2.05, 4.69) is 18.7 Å². The van der Waals surface area contributed by atoms with Crippen LogP contribution in [0.15, 0.2) is 24.3 Å². The maximum absolute atomic E-state index is 12.7. The minimum absolute atomic E-state index is 0.199. The molecule has 0 unspecified atom stereocenters. The molecule has 0 saturated heterocycles. The molecular formula is C13H20FNO. The highest BCUT2D eigenvalue weighted by molar-refractivity contribution is 5.15. The van der Waals surface area contributed by atoms with Crippen molar-refractivity contribution in [1.29, 1.82) is 0 Å². The van der Waals surface area contributed by atoms with Gasteiger partial charge in [0.05, 0.1) is 0 Å². The molecule has 0 heterocycles. The Morgan fingerprint density at radius 3 is 2.38 bits per heavy atom. The Morgan fingerprint density at radius 2 is 1.88 bits per heavy atom. The summed E-state index contributed by atoms with van der Waals surface area (Å²) in [6, 6.07) is 7.02. The van der Waals surface area contributed by atoms with Crippen LogP contribution in [0.5, 0.6) is 0 Å². The Kier molecular flexibility index (Phi) is 5.43. The summed E-state index contributed by atoms with van der Waals surface area (Å²) in [7, 11) is 0. The first-order valence-electron chi connectivity index (χ1n) is 5.73. The van der Waals surface area contributed by atoms with Crippen molar-refractivity contribution >= 4 is 0 Å². The molecule has 0 bridgehead atoms. The van der Waals surface area contributed by atoms with Crippen LogP contribution in [0, 0.1) is 5.82 Å². The molecule has 1 N–H and O–H groups in total. The van der Waals surface area contributed by atoms with Crippen LogP contribution in [0.1, 0.15) is 25.8 Å². The van der Waals surface area contributed by atoms with Crippen molar-refractivity contribution < 1.29 is 9.50 Å². The molecule has 1 aromatic carbocycles. The van der Waals surface area contributed by atoms with E-state index in [0.29, 0.717) is 6.04 Å². The van der Waals surface area contributed by atoms with Crippen LogP contribution in [-0.4, -0.2) is 29.2 Å². The molecule has 90 valence electrons. The van der Waals surface area contributed by atoms with Crippen molar-refractivity contribution in [1.82, 2.24) is 4.90 Å². The van der Waals surface area contributed by atoms with E-state index in [-0.39, 0.29) is 12.4 Å². The summed E-state index contributed by atoms with van der Waals surface area (Å²) in [5, 5.41) is 8.82. The predicted octanol–water partition coefficient (Wildman–Crippen LogP) is 2.42. The Labute approximate surface area is 96.7 Å². The lowest BCUT2D eigenvalue weighted by atomic mass is 10.2. The van der Waals surface area contributed by atoms with E-state index >= 15 is 0 Å². The highest BCUT2D eigenvalue weighted by Gasteiger charge is 2.09. The number of halogens is 1. The SMILES string of the molecule is CC(C)N(CCCO)Cc1ccc(F)cc1. The maximum atomic E-state index is 12.7. The molecule has 0 aromatic heterocycles. The topological polar surface area (TPSA) is 23.5 Å². The first-order chi connectivity index (χ1) is 7.63. The van der Waals surface area contributed by atoms with Gasteiger partial charge < -0.3 is 5.11 Å². The van der Waals surface area contributed by atoms with Crippen LogP contribution in [0.25, 0.3) is 0 Å². The smallest absolute Gasteiger partial charge is 0.123 e. The third-order valence-corrected chi connectivity index (χ3v) is 2.63. The molecule has 3 heteroatoms. The largest absolute Gasteiger partial charge is 0.396 e. The fourth-order valence-corrected chi connectivity index (χ4v) is 1.62. The lowest BCUT2D eigenvalue weighted by molar-refractivity contribution is 0.185. The van der Waals surface area contributed by atoms with Crippen molar-refractivity contribution in [2.45, 2.75) is 32.9 Å². The number of aliphatic hydroxyl groups excluding tert-OH is 1. The van der Waals surface area contributed by atoms with Gasteiger partial charge >= 0.3 is 0 Å². The Balaban J connectivity index is 2.57. The second-order valence-corrected chi connectivity index (χ2v) is 4.27. The first kappa shape index (κ1) is 13.1. The van der Waals surface area contributed by atoms with Crippen molar-refractivity contribution in [2.24, 2.45) is 0 Å². The van der Waals surface area contributed by atoms with Gasteiger partial charge in [0.15, 0.2) is 0 Å². The molecular weight excluding hydrogens is 205 g/mol. The summed E-state index contributed by atoms with van der Waals surface area (Å²) < 4.78 is 12.7. The van der Waals surface area contributed by atoms with Gasteiger partial charge in [-0.3, -0.25) is 4.90 Å². The normalized spacial score (nSPS) is 11.4. The van der Waals surface area contributed by atoms with Crippen molar-refractivity contribution in [3.05, 3.63) is 35.6 Å².